The summed E-state index contributed by atoms with van der Waals surface area (Å²) in [6.45, 7) is 7.63. The van der Waals surface area contributed by atoms with E-state index in [0.29, 0.717) is 19.4 Å². The van der Waals surface area contributed by atoms with Crippen LogP contribution in [0.5, 0.6) is 0 Å². The van der Waals surface area contributed by atoms with Crippen LogP contribution in [-0.4, -0.2) is 37.9 Å². The van der Waals surface area contributed by atoms with Gasteiger partial charge in [0.1, 0.15) is 6.61 Å². The third-order valence-corrected chi connectivity index (χ3v) is 12.6. The lowest BCUT2D eigenvalue weighted by Crippen LogP contribution is -2.30. The highest BCUT2D eigenvalue weighted by Crippen LogP contribution is 2.16. The Labute approximate surface area is 434 Å². The van der Waals surface area contributed by atoms with Crippen molar-refractivity contribution in [3.63, 3.8) is 0 Å². The second-order valence-corrected chi connectivity index (χ2v) is 19.5. The Morgan fingerprint density at radius 2 is 0.657 bits per heavy atom. The van der Waals surface area contributed by atoms with Gasteiger partial charge >= 0.3 is 11.9 Å². The van der Waals surface area contributed by atoms with Crippen LogP contribution < -0.4 is 0 Å². The van der Waals surface area contributed by atoms with Gasteiger partial charge in [0.05, 0.1) is 6.61 Å². The van der Waals surface area contributed by atoms with E-state index in [9.17, 15) is 9.59 Å². The number of allylic oxidation sites excluding steroid dienone is 16. The molecule has 0 aliphatic carbocycles. The molecule has 0 rings (SSSR count). The summed E-state index contributed by atoms with van der Waals surface area (Å²) >= 11 is 0. The molecule has 0 spiro atoms. The molecule has 0 N–H and O–H groups in total. The van der Waals surface area contributed by atoms with E-state index in [1.807, 2.05) is 0 Å². The van der Waals surface area contributed by atoms with Crippen molar-refractivity contribution in [1.29, 1.82) is 0 Å². The first kappa shape index (κ1) is 66.8. The molecule has 1 unspecified atom stereocenters. The van der Waals surface area contributed by atoms with Gasteiger partial charge in [-0.3, -0.25) is 9.59 Å². The second kappa shape index (κ2) is 60.1. The molecule has 0 aromatic heterocycles. The van der Waals surface area contributed by atoms with Crippen LogP contribution in [0.25, 0.3) is 0 Å². The van der Waals surface area contributed by atoms with E-state index in [-0.39, 0.29) is 25.2 Å². The van der Waals surface area contributed by atoms with E-state index < -0.39 is 6.10 Å². The van der Waals surface area contributed by atoms with Crippen LogP contribution in [0.2, 0.25) is 0 Å². The molecule has 402 valence electrons. The molecule has 5 nitrogen and oxygen atoms in total. The average molecular weight is 974 g/mol. The Kier molecular flexibility index (Phi) is 57.4. The van der Waals surface area contributed by atoms with Gasteiger partial charge in [0.25, 0.3) is 0 Å². The van der Waals surface area contributed by atoms with Gasteiger partial charge in [-0.2, -0.15) is 0 Å². The number of carbonyl (C=O) groups excluding carboxylic acids is 2. The van der Waals surface area contributed by atoms with Crippen molar-refractivity contribution < 1.29 is 23.8 Å². The normalized spacial score (nSPS) is 12.9. The molecule has 0 bridgehead atoms. The molecule has 0 aromatic rings. The fourth-order valence-electron chi connectivity index (χ4n) is 8.20. The first-order valence-electron chi connectivity index (χ1n) is 29.8. The number of carbonyl (C=O) groups is 2. The maximum Gasteiger partial charge on any atom is 0.306 e. The number of ether oxygens (including phenoxy) is 3. The molecule has 0 aromatic carbocycles. The lowest BCUT2D eigenvalue weighted by Gasteiger charge is -2.18. The van der Waals surface area contributed by atoms with E-state index in [1.165, 1.54) is 161 Å². The first-order valence-corrected chi connectivity index (χ1v) is 29.8. The van der Waals surface area contributed by atoms with Gasteiger partial charge in [-0.05, 0) is 96.3 Å². The quantitative estimate of drug-likeness (QED) is 0.0345. The summed E-state index contributed by atoms with van der Waals surface area (Å²) in [5.41, 5.74) is 0. The van der Waals surface area contributed by atoms with E-state index in [4.69, 9.17) is 14.2 Å². The Morgan fingerprint density at radius 3 is 1.10 bits per heavy atom. The zero-order chi connectivity index (χ0) is 50.6. The minimum absolute atomic E-state index is 0.0496. The zero-order valence-electron chi connectivity index (χ0n) is 46.3. The van der Waals surface area contributed by atoms with E-state index in [1.54, 1.807) is 0 Å². The van der Waals surface area contributed by atoms with Crippen molar-refractivity contribution in [3.8, 4) is 0 Å². The Balaban J connectivity index is 4.37. The van der Waals surface area contributed by atoms with Gasteiger partial charge in [-0.25, -0.2) is 0 Å². The monoisotopic (exact) mass is 973 g/mol. The molecular weight excluding hydrogens is 861 g/mol. The van der Waals surface area contributed by atoms with Crippen molar-refractivity contribution in [3.05, 3.63) is 97.2 Å². The van der Waals surface area contributed by atoms with Crippen LogP contribution in [0.3, 0.4) is 0 Å². The standard InChI is InChI=1S/C65H112O5/c1-4-7-10-13-16-19-22-25-28-31-32-33-36-39-42-45-48-51-54-57-60-68-61-63(70-65(67)59-56-53-50-47-44-41-38-35-30-27-24-21-18-15-12-9-6-3)62-69-64(66)58-55-52-49-46-43-40-37-34-29-26-23-20-17-14-11-8-5-2/h8,11,16-17,19-20,25-26,28-29,32-33,37,40,46,49,63H,4-7,9-10,12-15,18,21-24,27,30-31,34-36,38-39,41-45,47-48,50-62H2,1-3H3/b11-8-,19-16-,20-17-,28-25-,29-26-,33-32-,40-37-,49-46-. The lowest BCUT2D eigenvalue weighted by molar-refractivity contribution is -0.163. The molecule has 5 heteroatoms. The van der Waals surface area contributed by atoms with Crippen LogP contribution in [-0.2, 0) is 23.8 Å². The summed E-state index contributed by atoms with van der Waals surface area (Å²) < 4.78 is 17.4. The molecule has 0 radical (unpaired) electrons. The third kappa shape index (κ3) is 57.4. The van der Waals surface area contributed by atoms with Crippen molar-refractivity contribution in [2.45, 2.75) is 284 Å². The summed E-state index contributed by atoms with van der Waals surface area (Å²) in [6.07, 6.45) is 81.5. The van der Waals surface area contributed by atoms with E-state index >= 15 is 0 Å². The molecule has 0 fully saturated rings. The molecule has 0 aliphatic rings. The summed E-state index contributed by atoms with van der Waals surface area (Å²) in [5, 5.41) is 0. The lowest BCUT2D eigenvalue weighted by atomic mass is 10.0. The molecule has 0 saturated heterocycles. The molecule has 70 heavy (non-hydrogen) atoms. The number of unbranched alkanes of at least 4 members (excludes halogenated alkanes) is 27. The van der Waals surface area contributed by atoms with Crippen LogP contribution in [0.15, 0.2) is 97.2 Å². The van der Waals surface area contributed by atoms with Crippen LogP contribution in [0.4, 0.5) is 0 Å². The summed E-state index contributed by atoms with van der Waals surface area (Å²) in [5.74, 6) is -0.463. The Bertz CT molecular complexity index is 1330. The van der Waals surface area contributed by atoms with Crippen LogP contribution in [0.1, 0.15) is 278 Å². The highest BCUT2D eigenvalue weighted by molar-refractivity contribution is 5.70. The summed E-state index contributed by atoms with van der Waals surface area (Å²) in [7, 11) is 0. The summed E-state index contributed by atoms with van der Waals surface area (Å²) in [6, 6.07) is 0. The second-order valence-electron chi connectivity index (χ2n) is 19.5. The van der Waals surface area contributed by atoms with Crippen LogP contribution in [0, 0.1) is 0 Å². The Morgan fingerprint density at radius 1 is 0.329 bits per heavy atom. The van der Waals surface area contributed by atoms with E-state index in [0.717, 1.165) is 83.5 Å². The molecule has 0 aliphatic heterocycles. The summed E-state index contributed by atoms with van der Waals surface area (Å²) in [4.78, 5) is 25.5. The van der Waals surface area contributed by atoms with E-state index in [2.05, 4.69) is 118 Å². The smallest absolute Gasteiger partial charge is 0.306 e. The van der Waals surface area contributed by atoms with Gasteiger partial charge in [-0.1, -0.05) is 266 Å². The SMILES string of the molecule is CC/C=C\C/C=C\C/C=C\C/C=C\C/C=C\CCCC(=O)OCC(COCCCCCCCCC/C=C\C/C=C\C/C=C\CCCCC)OC(=O)CCCCCCCCCCCCCCCCCCC. The fraction of sp³-hybridized carbons (Fsp3) is 0.723. The topological polar surface area (TPSA) is 61.8 Å². The highest BCUT2D eigenvalue weighted by Gasteiger charge is 2.17. The van der Waals surface area contributed by atoms with Crippen molar-refractivity contribution >= 4 is 11.9 Å². The van der Waals surface area contributed by atoms with Gasteiger partial charge in [0, 0.05) is 19.4 Å². The van der Waals surface area contributed by atoms with Gasteiger partial charge < -0.3 is 14.2 Å². The van der Waals surface area contributed by atoms with Gasteiger partial charge in [-0.15, -0.1) is 0 Å². The van der Waals surface area contributed by atoms with Crippen molar-refractivity contribution in [2.75, 3.05) is 19.8 Å². The third-order valence-electron chi connectivity index (χ3n) is 12.6. The number of rotatable bonds is 54. The highest BCUT2D eigenvalue weighted by atomic mass is 16.6. The number of hydrogen-bond donors (Lipinski definition) is 0. The molecule has 0 heterocycles. The number of esters is 2. The molecule has 0 saturated carbocycles. The molecular formula is C65H112O5. The largest absolute Gasteiger partial charge is 0.462 e. The minimum Gasteiger partial charge on any atom is -0.462 e. The zero-order valence-corrected chi connectivity index (χ0v) is 46.3. The average Bonchev–Trinajstić information content (AvgIpc) is 3.36. The predicted octanol–water partition coefficient (Wildman–Crippen LogP) is 20.6. The maximum absolute atomic E-state index is 12.9. The molecule has 1 atom stereocenters. The first-order chi connectivity index (χ1) is 34.6. The molecule has 0 amide bonds. The Hall–Kier alpha value is -3.18. The number of hydrogen-bond acceptors (Lipinski definition) is 5. The predicted molar refractivity (Wildman–Crippen MR) is 306 cm³/mol. The van der Waals surface area contributed by atoms with Gasteiger partial charge in [0.2, 0.25) is 0 Å². The van der Waals surface area contributed by atoms with Gasteiger partial charge in [0.15, 0.2) is 6.10 Å². The fourth-order valence-corrected chi connectivity index (χ4v) is 8.20. The van der Waals surface area contributed by atoms with Crippen molar-refractivity contribution in [2.24, 2.45) is 0 Å². The minimum atomic E-state index is -0.569. The van der Waals surface area contributed by atoms with Crippen molar-refractivity contribution in [1.82, 2.24) is 0 Å². The maximum atomic E-state index is 12.9. The van der Waals surface area contributed by atoms with Crippen LogP contribution >= 0.6 is 0 Å².